The van der Waals surface area contributed by atoms with Crippen LogP contribution in [0.25, 0.3) is 128 Å². The Hall–Kier alpha value is -8.61. The topological polar surface area (TPSA) is 69.9 Å². The van der Waals surface area contributed by atoms with Crippen molar-refractivity contribution in [3.63, 3.8) is 0 Å². The van der Waals surface area contributed by atoms with Gasteiger partial charge < -0.3 is 13.4 Å². The molecule has 63 heavy (non-hydrogen) atoms. The Morgan fingerprint density at radius 3 is 1.90 bits per heavy atom. The summed E-state index contributed by atoms with van der Waals surface area (Å²) >= 11 is 0. The number of para-hydroxylation sites is 2. The molecule has 0 N–H and O–H groups in total. The first-order valence-corrected chi connectivity index (χ1v) is 20.3. The smallest absolute Gasteiger partial charge is 0.164 e. The maximum Gasteiger partial charge on any atom is 0.164 e. The van der Waals surface area contributed by atoms with Gasteiger partial charge in [0, 0.05) is 54.7 Å². The van der Waals surface area contributed by atoms with E-state index in [4.69, 9.17) is 33.4 Å². The van der Waals surface area contributed by atoms with Crippen LogP contribution in [0.2, 0.25) is 0 Å². The zero-order valence-corrected chi connectivity index (χ0v) is 33.0. The largest absolute Gasteiger partial charge is 0.456 e. The number of benzene rings is 9. The lowest BCUT2D eigenvalue weighted by Crippen LogP contribution is -2.00. The Kier molecular flexibility index (Phi) is 5.89. The summed E-state index contributed by atoms with van der Waals surface area (Å²) in [5.74, 6) is 0.414. The highest BCUT2D eigenvalue weighted by Crippen LogP contribution is 2.41. The number of hydrogen-bond acceptors (Lipinski definition) is 5. The molecule has 0 atom stereocenters. The highest BCUT2D eigenvalue weighted by Gasteiger charge is 2.21. The summed E-state index contributed by atoms with van der Waals surface area (Å²) in [5, 5.41) is 2.56. The molecule has 0 amide bonds. The van der Waals surface area contributed by atoms with E-state index < -0.39 is 48.3 Å². The van der Waals surface area contributed by atoms with Crippen LogP contribution in [-0.4, -0.2) is 19.5 Å². The van der Waals surface area contributed by atoms with Gasteiger partial charge in [-0.3, -0.25) is 0 Å². The third-order valence-corrected chi connectivity index (χ3v) is 11.6. The first-order chi connectivity index (χ1) is 35.4. The van der Waals surface area contributed by atoms with Gasteiger partial charge in [0.05, 0.1) is 24.7 Å². The van der Waals surface area contributed by atoms with Gasteiger partial charge in [-0.25, -0.2) is 15.0 Å². The maximum absolute atomic E-state index is 9.50. The normalized spacial score (nSPS) is 14.0. The van der Waals surface area contributed by atoms with Crippen LogP contribution >= 0.6 is 0 Å². The van der Waals surface area contributed by atoms with Gasteiger partial charge in [0.2, 0.25) is 0 Å². The zero-order chi connectivity index (χ0) is 50.1. The second-order valence-corrected chi connectivity index (χ2v) is 15.2. The first-order valence-electron chi connectivity index (χ1n) is 25.3. The highest BCUT2D eigenvalue weighted by atomic mass is 16.3. The third-order valence-electron chi connectivity index (χ3n) is 11.6. The number of aromatic nitrogens is 4. The van der Waals surface area contributed by atoms with E-state index in [-0.39, 0.29) is 79.2 Å². The minimum Gasteiger partial charge on any atom is -0.456 e. The molecule has 0 fully saturated rings. The van der Waals surface area contributed by atoms with Crippen molar-refractivity contribution in [2.45, 2.75) is 0 Å². The number of furan rings is 2. The van der Waals surface area contributed by atoms with E-state index in [0.717, 1.165) is 33.0 Å². The molecular weight excluding hydrogens is 773 g/mol. The molecule has 4 heterocycles. The molecule has 13 rings (SSSR count). The molecule has 0 spiro atoms. The van der Waals surface area contributed by atoms with Crippen LogP contribution in [0.15, 0.2) is 215 Å². The molecule has 0 bridgehead atoms. The summed E-state index contributed by atoms with van der Waals surface area (Å²) in [6.45, 7) is 0. The fourth-order valence-electron chi connectivity index (χ4n) is 8.65. The van der Waals surface area contributed by atoms with Crippen molar-refractivity contribution in [2.24, 2.45) is 0 Å². The predicted octanol–water partition coefficient (Wildman–Crippen LogP) is 15.1. The molecule has 4 aromatic heterocycles. The summed E-state index contributed by atoms with van der Waals surface area (Å²) in [6, 6.07) is 41.9. The number of fused-ring (bicyclic) bond motifs is 9. The predicted molar refractivity (Wildman–Crippen MR) is 256 cm³/mol. The number of nitrogens with zero attached hydrogens (tertiary/aromatic N) is 4. The lowest BCUT2D eigenvalue weighted by molar-refractivity contribution is 0.668. The number of rotatable bonds is 6. The van der Waals surface area contributed by atoms with Crippen LogP contribution in [0.5, 0.6) is 0 Å². The van der Waals surface area contributed by atoms with Crippen molar-refractivity contribution in [1.82, 2.24) is 19.5 Å². The third kappa shape index (κ3) is 5.69. The van der Waals surface area contributed by atoms with Gasteiger partial charge in [0.1, 0.15) is 22.3 Å². The van der Waals surface area contributed by atoms with E-state index in [1.807, 2.05) is 78.9 Å². The van der Waals surface area contributed by atoms with Crippen LogP contribution < -0.4 is 0 Å². The molecule has 0 radical (unpaired) electrons. The average molecular weight is 817 g/mol. The first kappa shape index (κ1) is 26.6. The van der Waals surface area contributed by atoms with Crippen molar-refractivity contribution >= 4 is 65.7 Å². The quantitative estimate of drug-likeness (QED) is 0.167. The minimum absolute atomic E-state index is 0.00142. The summed E-state index contributed by atoms with van der Waals surface area (Å²) in [6.07, 6.45) is 0. The highest BCUT2D eigenvalue weighted by molar-refractivity contribution is 6.15. The van der Waals surface area contributed by atoms with Crippen LogP contribution in [-0.2, 0) is 0 Å². The van der Waals surface area contributed by atoms with Crippen molar-refractivity contribution in [3.05, 3.63) is 206 Å². The molecule has 6 nitrogen and oxygen atoms in total. The second-order valence-electron chi connectivity index (χ2n) is 15.2. The molecule has 13 aromatic rings. The second kappa shape index (κ2) is 14.0. The Morgan fingerprint density at radius 1 is 0.365 bits per heavy atom. The van der Waals surface area contributed by atoms with Gasteiger partial charge in [-0.2, -0.15) is 0 Å². The molecule has 9 aromatic carbocycles. The van der Waals surface area contributed by atoms with E-state index in [9.17, 15) is 4.11 Å². The Morgan fingerprint density at radius 2 is 1.05 bits per heavy atom. The molecule has 6 heteroatoms. The summed E-state index contributed by atoms with van der Waals surface area (Å²) in [7, 11) is 0. The van der Waals surface area contributed by atoms with Crippen LogP contribution in [0.3, 0.4) is 0 Å². The van der Waals surface area contributed by atoms with Gasteiger partial charge in [0.25, 0.3) is 0 Å². The van der Waals surface area contributed by atoms with Gasteiger partial charge >= 0.3 is 0 Å². The standard InChI is InChI=1S/C57H34N4O2/c1-3-13-35(14-4-1)36-25-27-37(28-26-36)41-19-11-23-50-53(41)44-31-29-39(33-52(44)63-50)56-58-55(38-15-5-2-6-16-38)59-57(60-56)45-20-12-24-51-54(45)46-34-40(30-32-49(46)62-51)61-47-21-9-7-17-42(47)43-18-8-10-22-48(43)61/h1-34H/i7D,9D,12D,17D,20D,21D,22D,24D,30D,32D. The Balaban J connectivity index is 1.04. The average Bonchev–Trinajstić information content (AvgIpc) is 4.11. The van der Waals surface area contributed by atoms with E-state index in [1.54, 1.807) is 12.1 Å². The summed E-state index contributed by atoms with van der Waals surface area (Å²) < 4.78 is 105. The molecule has 0 saturated heterocycles. The molecule has 0 aliphatic rings. The van der Waals surface area contributed by atoms with Crippen molar-refractivity contribution in [1.29, 1.82) is 0 Å². The lowest BCUT2D eigenvalue weighted by atomic mass is 9.96. The SMILES string of the molecule is [2H]c1c(-n2c3c([2H])cccc3c3c([2H])c([2H])c([2H])c([2H])c32)cc2c(oc3c([2H])c([2H])c([2H])c(-c4nc(-c5ccccc5)nc(-c5ccc6c(c5)oc5cccc(-c7ccc(-c8ccccc8)cc7)c56)n4)c32)c1[2H]. The van der Waals surface area contributed by atoms with Crippen molar-refractivity contribution in [2.75, 3.05) is 0 Å². The maximum atomic E-state index is 9.50. The van der Waals surface area contributed by atoms with Crippen molar-refractivity contribution in [3.8, 4) is 62.1 Å². The monoisotopic (exact) mass is 816 g/mol. The van der Waals surface area contributed by atoms with Crippen LogP contribution in [0, 0.1) is 0 Å². The molecule has 0 unspecified atom stereocenters. The van der Waals surface area contributed by atoms with Gasteiger partial charge in [-0.1, -0.05) is 152 Å². The van der Waals surface area contributed by atoms with Gasteiger partial charge in [-0.05, 0) is 76.7 Å². The van der Waals surface area contributed by atoms with E-state index in [2.05, 4.69) is 42.5 Å². The van der Waals surface area contributed by atoms with E-state index in [0.29, 0.717) is 27.7 Å². The Labute approximate surface area is 375 Å². The molecule has 0 aliphatic carbocycles. The van der Waals surface area contributed by atoms with E-state index >= 15 is 0 Å². The molecule has 0 saturated carbocycles. The van der Waals surface area contributed by atoms with E-state index in [1.165, 1.54) is 16.7 Å². The zero-order valence-electron chi connectivity index (χ0n) is 43.0. The fraction of sp³-hybridized carbons (Fsp3) is 0. The summed E-state index contributed by atoms with van der Waals surface area (Å²) in [5.41, 5.74) is 6.59. The Bertz CT molecular complexity index is 4500. The van der Waals surface area contributed by atoms with Crippen LogP contribution in [0.4, 0.5) is 0 Å². The summed E-state index contributed by atoms with van der Waals surface area (Å²) in [4.78, 5) is 14.9. The van der Waals surface area contributed by atoms with Crippen molar-refractivity contribution < 1.29 is 22.5 Å². The van der Waals surface area contributed by atoms with Gasteiger partial charge in [0.15, 0.2) is 17.5 Å². The fourth-order valence-corrected chi connectivity index (χ4v) is 8.65. The minimum atomic E-state index is -0.516. The number of hydrogen-bond donors (Lipinski definition) is 0. The molecule has 0 aliphatic heterocycles. The van der Waals surface area contributed by atoms with Crippen LogP contribution in [0.1, 0.15) is 13.7 Å². The lowest BCUT2D eigenvalue weighted by Gasteiger charge is -2.10. The molecule has 294 valence electrons. The molecular formula is C57H34N4O2. The van der Waals surface area contributed by atoms with Gasteiger partial charge in [-0.15, -0.1) is 0 Å².